The van der Waals surface area contributed by atoms with Gasteiger partial charge in [-0.2, -0.15) is 0 Å². The lowest BCUT2D eigenvalue weighted by molar-refractivity contribution is 0.553. The van der Waals surface area contributed by atoms with E-state index in [1.165, 1.54) is 12.0 Å². The van der Waals surface area contributed by atoms with Crippen LogP contribution in [0.4, 0.5) is 0 Å². The van der Waals surface area contributed by atoms with Gasteiger partial charge < -0.3 is 9.40 Å². The van der Waals surface area contributed by atoms with Gasteiger partial charge in [-0.3, -0.25) is 0 Å². The minimum absolute atomic E-state index is 0.00451. The van der Waals surface area contributed by atoms with Gasteiger partial charge in [0.15, 0.2) is 12.0 Å². The molecule has 2 heterocycles. The van der Waals surface area contributed by atoms with Gasteiger partial charge in [0.2, 0.25) is 0 Å². The van der Waals surface area contributed by atoms with Crippen molar-refractivity contribution >= 4 is 11.1 Å². The minimum Gasteiger partial charge on any atom is -0.443 e. The molecule has 0 atom stereocenters. The SMILES string of the molecule is CC.CCc1ccc(-c2cnc(C(C)(C)C)[nH]2)c2ncoc12. The topological polar surface area (TPSA) is 54.7 Å². The number of benzene rings is 1. The van der Waals surface area contributed by atoms with E-state index in [9.17, 15) is 0 Å². The van der Waals surface area contributed by atoms with Crippen LogP contribution in [0.5, 0.6) is 0 Å². The van der Waals surface area contributed by atoms with Gasteiger partial charge in [-0.25, -0.2) is 9.97 Å². The van der Waals surface area contributed by atoms with Crippen LogP contribution in [0.1, 0.15) is 52.9 Å². The number of H-pyrrole nitrogens is 1. The van der Waals surface area contributed by atoms with Crippen LogP contribution in [0, 0.1) is 0 Å². The van der Waals surface area contributed by atoms with E-state index in [-0.39, 0.29) is 5.41 Å². The van der Waals surface area contributed by atoms with Crippen molar-refractivity contribution in [3.63, 3.8) is 0 Å². The second-order valence-electron chi connectivity index (χ2n) is 6.05. The van der Waals surface area contributed by atoms with E-state index < -0.39 is 0 Å². The van der Waals surface area contributed by atoms with Crippen molar-refractivity contribution in [3.8, 4) is 11.3 Å². The highest BCUT2D eigenvalue weighted by molar-refractivity contribution is 5.91. The number of aromatic nitrogens is 3. The monoisotopic (exact) mass is 299 g/mol. The Bertz CT molecular complexity index is 747. The number of aryl methyl sites for hydroxylation is 1. The lowest BCUT2D eigenvalue weighted by Crippen LogP contribution is -2.13. The Labute approximate surface area is 132 Å². The van der Waals surface area contributed by atoms with Crippen molar-refractivity contribution in [1.29, 1.82) is 0 Å². The summed E-state index contributed by atoms with van der Waals surface area (Å²) in [7, 11) is 0. The number of nitrogens with one attached hydrogen (secondary N) is 1. The first-order chi connectivity index (χ1) is 10.5. The molecule has 1 N–H and O–H groups in total. The smallest absolute Gasteiger partial charge is 0.182 e. The average Bonchev–Trinajstić information content (AvgIpc) is 3.17. The fourth-order valence-corrected chi connectivity index (χ4v) is 2.34. The maximum atomic E-state index is 5.53. The third kappa shape index (κ3) is 2.91. The van der Waals surface area contributed by atoms with Crippen molar-refractivity contribution in [3.05, 3.63) is 36.1 Å². The zero-order valence-electron chi connectivity index (χ0n) is 14.3. The molecular formula is C18H25N3O. The normalized spacial score (nSPS) is 11.4. The predicted molar refractivity (Wildman–Crippen MR) is 91.0 cm³/mol. The Morgan fingerprint density at radius 1 is 1.14 bits per heavy atom. The first-order valence-electron chi connectivity index (χ1n) is 7.91. The summed E-state index contributed by atoms with van der Waals surface area (Å²) in [5.41, 5.74) is 4.97. The highest BCUT2D eigenvalue weighted by atomic mass is 16.3. The van der Waals surface area contributed by atoms with Crippen LogP contribution < -0.4 is 0 Å². The number of hydrogen-bond acceptors (Lipinski definition) is 3. The largest absolute Gasteiger partial charge is 0.443 e. The van der Waals surface area contributed by atoms with Crippen molar-refractivity contribution in [1.82, 2.24) is 15.0 Å². The van der Waals surface area contributed by atoms with Gasteiger partial charge in [-0.05, 0) is 12.0 Å². The average molecular weight is 299 g/mol. The quantitative estimate of drug-likeness (QED) is 0.716. The summed E-state index contributed by atoms with van der Waals surface area (Å²) in [6.45, 7) is 12.5. The summed E-state index contributed by atoms with van der Waals surface area (Å²) >= 11 is 0. The molecule has 0 unspecified atom stereocenters. The Hall–Kier alpha value is -2.10. The lowest BCUT2D eigenvalue weighted by atomic mass is 9.96. The second-order valence-corrected chi connectivity index (χ2v) is 6.05. The number of nitrogens with zero attached hydrogens (tertiary/aromatic N) is 2. The minimum atomic E-state index is 0.00451. The predicted octanol–water partition coefficient (Wildman–Crippen LogP) is 5.10. The highest BCUT2D eigenvalue weighted by Gasteiger charge is 2.19. The molecular weight excluding hydrogens is 274 g/mol. The van der Waals surface area contributed by atoms with Gasteiger partial charge in [-0.1, -0.05) is 53.7 Å². The van der Waals surface area contributed by atoms with E-state index in [2.05, 4.69) is 54.8 Å². The van der Waals surface area contributed by atoms with E-state index in [1.54, 1.807) is 0 Å². The number of imidazole rings is 1. The molecule has 2 aromatic heterocycles. The van der Waals surface area contributed by atoms with Crippen LogP contribution in [0.2, 0.25) is 0 Å². The number of oxazole rings is 1. The fraction of sp³-hybridized carbons (Fsp3) is 0.444. The molecule has 4 nitrogen and oxygen atoms in total. The molecule has 1 aromatic carbocycles. The molecule has 0 amide bonds. The molecule has 0 radical (unpaired) electrons. The van der Waals surface area contributed by atoms with Gasteiger partial charge in [0.05, 0.1) is 11.9 Å². The van der Waals surface area contributed by atoms with E-state index in [1.807, 2.05) is 20.0 Å². The molecule has 3 rings (SSSR count). The third-order valence-electron chi connectivity index (χ3n) is 3.52. The first-order valence-corrected chi connectivity index (χ1v) is 7.91. The number of fused-ring (bicyclic) bond motifs is 1. The van der Waals surface area contributed by atoms with Crippen LogP contribution in [-0.4, -0.2) is 15.0 Å². The molecule has 118 valence electrons. The number of aromatic amines is 1. The van der Waals surface area contributed by atoms with Crippen LogP contribution in [0.25, 0.3) is 22.4 Å². The second kappa shape index (κ2) is 6.34. The summed E-state index contributed by atoms with van der Waals surface area (Å²) in [6.07, 6.45) is 4.31. The summed E-state index contributed by atoms with van der Waals surface area (Å²) in [5.74, 6) is 0.976. The van der Waals surface area contributed by atoms with Gasteiger partial charge in [0.25, 0.3) is 0 Å². The molecule has 0 spiro atoms. The molecule has 0 bridgehead atoms. The fourth-order valence-electron chi connectivity index (χ4n) is 2.34. The molecule has 0 saturated carbocycles. The summed E-state index contributed by atoms with van der Waals surface area (Å²) in [6, 6.07) is 4.18. The Kier molecular flexibility index (Phi) is 4.69. The molecule has 0 saturated heterocycles. The summed E-state index contributed by atoms with van der Waals surface area (Å²) < 4.78 is 5.53. The Balaban J connectivity index is 0.000000847. The van der Waals surface area contributed by atoms with Crippen LogP contribution >= 0.6 is 0 Å². The van der Waals surface area contributed by atoms with E-state index in [0.717, 1.165) is 34.6 Å². The van der Waals surface area contributed by atoms with Gasteiger partial charge in [0.1, 0.15) is 11.3 Å². The standard InChI is InChI=1S/C16H19N3O.C2H6/c1-5-10-6-7-11(13-14(10)20-9-18-13)12-8-17-15(19-12)16(2,3)4;1-2/h6-9H,5H2,1-4H3,(H,17,19);1-2H3. The van der Waals surface area contributed by atoms with Crippen molar-refractivity contribution < 1.29 is 4.42 Å². The van der Waals surface area contributed by atoms with Gasteiger partial charge in [0, 0.05) is 11.0 Å². The Morgan fingerprint density at radius 3 is 2.45 bits per heavy atom. The molecule has 0 fully saturated rings. The molecule has 0 aliphatic heterocycles. The number of hydrogen-bond donors (Lipinski definition) is 1. The summed E-state index contributed by atoms with van der Waals surface area (Å²) in [5, 5.41) is 0. The van der Waals surface area contributed by atoms with Crippen molar-refractivity contribution in [2.75, 3.05) is 0 Å². The lowest BCUT2D eigenvalue weighted by Gasteiger charge is -2.14. The highest BCUT2D eigenvalue weighted by Crippen LogP contribution is 2.30. The van der Waals surface area contributed by atoms with E-state index in [0.29, 0.717) is 0 Å². The van der Waals surface area contributed by atoms with Crippen molar-refractivity contribution in [2.45, 2.75) is 53.4 Å². The zero-order valence-corrected chi connectivity index (χ0v) is 14.3. The van der Waals surface area contributed by atoms with E-state index in [4.69, 9.17) is 4.42 Å². The van der Waals surface area contributed by atoms with Crippen LogP contribution in [0.3, 0.4) is 0 Å². The van der Waals surface area contributed by atoms with Crippen LogP contribution in [-0.2, 0) is 11.8 Å². The Morgan fingerprint density at radius 2 is 1.86 bits per heavy atom. The van der Waals surface area contributed by atoms with Crippen LogP contribution in [0.15, 0.2) is 29.1 Å². The van der Waals surface area contributed by atoms with Gasteiger partial charge in [-0.15, -0.1) is 0 Å². The maximum Gasteiger partial charge on any atom is 0.182 e. The summed E-state index contributed by atoms with van der Waals surface area (Å²) in [4.78, 5) is 12.2. The maximum absolute atomic E-state index is 5.53. The first kappa shape index (κ1) is 16.3. The number of rotatable bonds is 2. The molecule has 3 aromatic rings. The molecule has 0 aliphatic carbocycles. The molecule has 22 heavy (non-hydrogen) atoms. The third-order valence-corrected chi connectivity index (χ3v) is 3.52. The molecule has 0 aliphatic rings. The van der Waals surface area contributed by atoms with E-state index >= 15 is 0 Å². The van der Waals surface area contributed by atoms with Crippen molar-refractivity contribution in [2.24, 2.45) is 0 Å². The van der Waals surface area contributed by atoms with Gasteiger partial charge >= 0.3 is 0 Å². The molecule has 4 heteroatoms. The zero-order chi connectivity index (χ0) is 16.3.